The molecule has 0 unspecified atom stereocenters. The van der Waals surface area contributed by atoms with Crippen LogP contribution in [0.2, 0.25) is 5.02 Å². The number of nitrogens with zero attached hydrogens (tertiary/aromatic N) is 2. The van der Waals surface area contributed by atoms with Crippen molar-refractivity contribution in [2.45, 2.75) is 6.42 Å². The molecule has 1 aromatic heterocycles. The molecular weight excluding hydrogens is 305 g/mol. The summed E-state index contributed by atoms with van der Waals surface area (Å²) in [6, 6.07) is 5.44. The van der Waals surface area contributed by atoms with Crippen molar-refractivity contribution in [3.05, 3.63) is 33.5 Å². The number of halogens is 2. The Hall–Kier alpha value is -0.910. The lowest BCUT2D eigenvalue weighted by atomic mass is 10.2. The van der Waals surface area contributed by atoms with Gasteiger partial charge >= 0.3 is 0 Å². The summed E-state index contributed by atoms with van der Waals surface area (Å²) in [5, 5.41) is 7.61. The van der Waals surface area contributed by atoms with Crippen LogP contribution >= 0.6 is 27.5 Å². The zero-order chi connectivity index (χ0) is 12.3. The van der Waals surface area contributed by atoms with Crippen LogP contribution in [-0.4, -0.2) is 23.7 Å². The maximum absolute atomic E-state index is 5.87. The molecule has 0 amide bonds. The largest absolute Gasteiger partial charge is 0.334 e. The molecule has 1 heterocycles. The molecule has 90 valence electrons. The highest BCUT2D eigenvalue weighted by atomic mass is 79.9. The zero-order valence-corrected chi connectivity index (χ0v) is 11.5. The van der Waals surface area contributed by atoms with Gasteiger partial charge in [-0.15, -0.1) is 0 Å². The smallest absolute Gasteiger partial charge is 0.259 e. The normalized spacial score (nSPS) is 10.8. The van der Waals surface area contributed by atoms with E-state index in [0.717, 1.165) is 23.0 Å². The predicted octanol–water partition coefficient (Wildman–Crippen LogP) is 2.91. The summed E-state index contributed by atoms with van der Waals surface area (Å²) in [4.78, 5) is 4.32. The molecule has 0 fully saturated rings. The van der Waals surface area contributed by atoms with Gasteiger partial charge in [-0.1, -0.05) is 16.8 Å². The Labute approximate surface area is 112 Å². The van der Waals surface area contributed by atoms with E-state index in [-0.39, 0.29) is 0 Å². The first-order chi connectivity index (χ1) is 8.20. The van der Waals surface area contributed by atoms with Gasteiger partial charge in [0.15, 0.2) is 5.82 Å². The third kappa shape index (κ3) is 3.06. The van der Waals surface area contributed by atoms with E-state index in [1.807, 2.05) is 13.1 Å². The monoisotopic (exact) mass is 315 g/mol. The molecule has 6 heteroatoms. The van der Waals surface area contributed by atoms with Gasteiger partial charge < -0.3 is 9.84 Å². The zero-order valence-electron chi connectivity index (χ0n) is 9.20. The minimum Gasteiger partial charge on any atom is -0.334 e. The van der Waals surface area contributed by atoms with Crippen molar-refractivity contribution >= 4 is 27.5 Å². The summed E-state index contributed by atoms with van der Waals surface area (Å²) < 4.78 is 6.05. The maximum atomic E-state index is 5.87. The van der Waals surface area contributed by atoms with Crippen LogP contribution in [0.4, 0.5) is 0 Å². The number of hydrogen-bond acceptors (Lipinski definition) is 4. The molecule has 0 saturated heterocycles. The van der Waals surface area contributed by atoms with Crippen molar-refractivity contribution in [1.29, 1.82) is 0 Å². The van der Waals surface area contributed by atoms with Crippen LogP contribution in [-0.2, 0) is 6.42 Å². The van der Waals surface area contributed by atoms with E-state index >= 15 is 0 Å². The van der Waals surface area contributed by atoms with Crippen molar-refractivity contribution in [1.82, 2.24) is 15.5 Å². The average Bonchev–Trinajstić information content (AvgIpc) is 2.75. The van der Waals surface area contributed by atoms with Crippen LogP contribution in [0.5, 0.6) is 0 Å². The van der Waals surface area contributed by atoms with Gasteiger partial charge in [0.05, 0.1) is 5.56 Å². The van der Waals surface area contributed by atoms with Crippen LogP contribution < -0.4 is 5.32 Å². The van der Waals surface area contributed by atoms with Gasteiger partial charge in [-0.25, -0.2) is 0 Å². The molecule has 17 heavy (non-hydrogen) atoms. The molecule has 0 bridgehead atoms. The molecule has 4 nitrogen and oxygen atoms in total. The molecule has 0 aliphatic carbocycles. The van der Waals surface area contributed by atoms with Crippen molar-refractivity contribution < 1.29 is 4.52 Å². The van der Waals surface area contributed by atoms with Gasteiger partial charge in [0.2, 0.25) is 0 Å². The highest BCUT2D eigenvalue weighted by Crippen LogP contribution is 2.29. The summed E-state index contributed by atoms with van der Waals surface area (Å²) >= 11 is 9.29. The Morgan fingerprint density at radius 3 is 3.00 bits per heavy atom. The minimum atomic E-state index is 0.500. The van der Waals surface area contributed by atoms with Crippen LogP contribution in [0.15, 0.2) is 27.2 Å². The molecule has 0 saturated carbocycles. The van der Waals surface area contributed by atoms with Crippen LogP contribution in [0.25, 0.3) is 11.5 Å². The van der Waals surface area contributed by atoms with E-state index in [0.29, 0.717) is 16.7 Å². The summed E-state index contributed by atoms with van der Waals surface area (Å²) in [5.74, 6) is 1.19. The van der Waals surface area contributed by atoms with Gasteiger partial charge in [0.1, 0.15) is 0 Å². The van der Waals surface area contributed by atoms with Crippen molar-refractivity contribution in [2.24, 2.45) is 0 Å². The van der Waals surface area contributed by atoms with Gasteiger partial charge in [-0.3, -0.25) is 0 Å². The van der Waals surface area contributed by atoms with Crippen LogP contribution in [0, 0.1) is 0 Å². The lowest BCUT2D eigenvalue weighted by molar-refractivity contribution is 0.422. The lowest BCUT2D eigenvalue weighted by Crippen LogP contribution is -2.10. The summed E-state index contributed by atoms with van der Waals surface area (Å²) in [7, 11) is 1.89. The van der Waals surface area contributed by atoms with Crippen molar-refractivity contribution in [3.63, 3.8) is 0 Å². The molecule has 0 aliphatic heterocycles. The van der Waals surface area contributed by atoms with E-state index in [4.69, 9.17) is 16.1 Å². The van der Waals surface area contributed by atoms with Crippen molar-refractivity contribution in [3.8, 4) is 11.5 Å². The second-order valence-electron chi connectivity index (χ2n) is 3.49. The number of hydrogen-bond donors (Lipinski definition) is 1. The van der Waals surface area contributed by atoms with E-state index in [1.165, 1.54) is 0 Å². The standard InChI is InChI=1S/C11H11BrClN3O/c1-14-5-4-10-15-11(17-16-10)8-3-2-7(13)6-9(8)12/h2-3,6,14H,4-5H2,1H3. The molecule has 0 radical (unpaired) electrons. The van der Waals surface area contributed by atoms with Crippen LogP contribution in [0.1, 0.15) is 5.82 Å². The Balaban J connectivity index is 2.24. The molecule has 0 aliphatic rings. The highest BCUT2D eigenvalue weighted by molar-refractivity contribution is 9.10. The number of rotatable bonds is 4. The Kier molecular flexibility index (Phi) is 4.15. The number of nitrogens with one attached hydrogen (secondary N) is 1. The summed E-state index contributed by atoms with van der Waals surface area (Å²) in [5.41, 5.74) is 0.845. The van der Waals surface area contributed by atoms with E-state index < -0.39 is 0 Å². The predicted molar refractivity (Wildman–Crippen MR) is 70.1 cm³/mol. The number of likely N-dealkylation sites (N-methyl/N-ethyl adjacent to an activating group) is 1. The highest BCUT2D eigenvalue weighted by Gasteiger charge is 2.11. The fourth-order valence-electron chi connectivity index (χ4n) is 1.36. The fraction of sp³-hybridized carbons (Fsp3) is 0.273. The molecular formula is C11H11BrClN3O. The Morgan fingerprint density at radius 2 is 2.29 bits per heavy atom. The third-order valence-corrected chi connectivity index (χ3v) is 3.12. The molecule has 0 spiro atoms. The number of benzene rings is 1. The van der Waals surface area contributed by atoms with E-state index in [2.05, 4.69) is 31.4 Å². The summed E-state index contributed by atoms with van der Waals surface area (Å²) in [6.07, 6.45) is 0.741. The topological polar surface area (TPSA) is 51.0 Å². The Bertz CT molecular complexity index is 515. The first-order valence-electron chi connectivity index (χ1n) is 5.13. The molecule has 2 aromatic rings. The first kappa shape index (κ1) is 12.5. The molecule has 1 aromatic carbocycles. The fourth-order valence-corrected chi connectivity index (χ4v) is 2.22. The second kappa shape index (κ2) is 5.62. The Morgan fingerprint density at radius 1 is 1.47 bits per heavy atom. The number of aromatic nitrogens is 2. The van der Waals surface area contributed by atoms with Gasteiger partial charge in [0, 0.05) is 22.5 Å². The minimum absolute atomic E-state index is 0.500. The third-order valence-electron chi connectivity index (χ3n) is 2.23. The second-order valence-corrected chi connectivity index (χ2v) is 4.78. The van der Waals surface area contributed by atoms with Gasteiger partial charge in [-0.2, -0.15) is 4.98 Å². The molecule has 1 N–H and O–H groups in total. The quantitative estimate of drug-likeness (QED) is 0.942. The maximum Gasteiger partial charge on any atom is 0.259 e. The molecule has 2 rings (SSSR count). The average molecular weight is 317 g/mol. The van der Waals surface area contributed by atoms with E-state index in [1.54, 1.807) is 12.1 Å². The van der Waals surface area contributed by atoms with Crippen molar-refractivity contribution in [2.75, 3.05) is 13.6 Å². The summed E-state index contributed by atoms with van der Waals surface area (Å²) in [6.45, 7) is 0.820. The molecule has 0 atom stereocenters. The van der Waals surface area contributed by atoms with Gasteiger partial charge in [-0.05, 0) is 41.2 Å². The lowest BCUT2D eigenvalue weighted by Gasteiger charge is -1.98. The SMILES string of the molecule is CNCCc1noc(-c2ccc(Cl)cc2Br)n1. The van der Waals surface area contributed by atoms with E-state index in [9.17, 15) is 0 Å². The van der Waals surface area contributed by atoms with Crippen LogP contribution in [0.3, 0.4) is 0 Å². The first-order valence-corrected chi connectivity index (χ1v) is 6.30. The van der Waals surface area contributed by atoms with Gasteiger partial charge in [0.25, 0.3) is 5.89 Å².